The first-order valence-corrected chi connectivity index (χ1v) is 7.13. The van der Waals surface area contributed by atoms with E-state index in [9.17, 15) is 4.79 Å². The fraction of sp³-hybridized carbons (Fsp3) is 0.929. The van der Waals surface area contributed by atoms with Gasteiger partial charge >= 0.3 is 0 Å². The molecule has 2 N–H and O–H groups in total. The number of carbonyl (C=O) groups excluding carboxylic acids is 1. The van der Waals surface area contributed by atoms with E-state index in [4.69, 9.17) is 0 Å². The zero-order chi connectivity index (χ0) is 12.7. The Bertz CT molecular complexity index is 220. The molecule has 1 fully saturated rings. The lowest BCUT2D eigenvalue weighted by Crippen LogP contribution is -2.47. The van der Waals surface area contributed by atoms with Crippen LogP contribution >= 0.6 is 0 Å². The summed E-state index contributed by atoms with van der Waals surface area (Å²) in [7, 11) is 0. The van der Waals surface area contributed by atoms with Gasteiger partial charge in [-0.25, -0.2) is 0 Å². The average molecular weight is 240 g/mol. The predicted octanol–water partition coefficient (Wildman–Crippen LogP) is 2.46. The van der Waals surface area contributed by atoms with Crippen molar-refractivity contribution in [2.45, 2.75) is 71.4 Å². The second-order valence-electron chi connectivity index (χ2n) is 5.72. The Hall–Kier alpha value is -0.570. The standard InChI is InChI=1S/C14H28N2O/c1-11(2)10-15-14(17)12(3)16-13-8-6-4-5-7-9-13/h11-13,16H,4-10H2,1-3H3,(H,15,17). The second kappa shape index (κ2) is 7.70. The van der Waals surface area contributed by atoms with E-state index in [0.29, 0.717) is 12.0 Å². The van der Waals surface area contributed by atoms with E-state index in [2.05, 4.69) is 24.5 Å². The van der Waals surface area contributed by atoms with Crippen LogP contribution < -0.4 is 10.6 Å². The van der Waals surface area contributed by atoms with Crippen LogP contribution in [0.1, 0.15) is 59.3 Å². The summed E-state index contributed by atoms with van der Waals surface area (Å²) < 4.78 is 0. The van der Waals surface area contributed by atoms with Gasteiger partial charge in [0.25, 0.3) is 0 Å². The van der Waals surface area contributed by atoms with E-state index >= 15 is 0 Å². The van der Waals surface area contributed by atoms with Crippen LogP contribution in [0, 0.1) is 5.92 Å². The van der Waals surface area contributed by atoms with Gasteiger partial charge in [-0.1, -0.05) is 39.5 Å². The summed E-state index contributed by atoms with van der Waals surface area (Å²) in [5, 5.41) is 6.46. The molecule has 0 bridgehead atoms. The topological polar surface area (TPSA) is 41.1 Å². The van der Waals surface area contributed by atoms with Gasteiger partial charge in [-0.15, -0.1) is 0 Å². The lowest BCUT2D eigenvalue weighted by molar-refractivity contribution is -0.123. The molecule has 1 amide bonds. The van der Waals surface area contributed by atoms with Crippen molar-refractivity contribution in [3.63, 3.8) is 0 Å². The molecule has 0 saturated heterocycles. The molecule has 0 aliphatic heterocycles. The highest BCUT2D eigenvalue weighted by molar-refractivity contribution is 5.81. The molecule has 0 radical (unpaired) electrons. The van der Waals surface area contributed by atoms with Crippen molar-refractivity contribution in [3.05, 3.63) is 0 Å². The summed E-state index contributed by atoms with van der Waals surface area (Å²) in [6.45, 7) is 6.98. The summed E-state index contributed by atoms with van der Waals surface area (Å²) in [4.78, 5) is 11.8. The van der Waals surface area contributed by atoms with Crippen molar-refractivity contribution < 1.29 is 4.79 Å². The van der Waals surface area contributed by atoms with Crippen LogP contribution in [0.5, 0.6) is 0 Å². The summed E-state index contributed by atoms with van der Waals surface area (Å²) >= 11 is 0. The first-order valence-electron chi connectivity index (χ1n) is 7.13. The van der Waals surface area contributed by atoms with E-state index < -0.39 is 0 Å². The maximum Gasteiger partial charge on any atom is 0.236 e. The van der Waals surface area contributed by atoms with E-state index in [1.165, 1.54) is 38.5 Å². The van der Waals surface area contributed by atoms with E-state index in [1.807, 2.05) is 6.92 Å². The van der Waals surface area contributed by atoms with Crippen LogP contribution in [0.3, 0.4) is 0 Å². The van der Waals surface area contributed by atoms with Crippen LogP contribution in [0.2, 0.25) is 0 Å². The Morgan fingerprint density at radius 3 is 2.24 bits per heavy atom. The summed E-state index contributed by atoms with van der Waals surface area (Å²) in [5.74, 6) is 0.659. The maximum absolute atomic E-state index is 11.8. The minimum atomic E-state index is -0.0585. The Labute approximate surface area is 106 Å². The Morgan fingerprint density at radius 1 is 1.12 bits per heavy atom. The minimum absolute atomic E-state index is 0.0585. The van der Waals surface area contributed by atoms with Crippen LogP contribution in [0.25, 0.3) is 0 Å². The van der Waals surface area contributed by atoms with Crippen molar-refractivity contribution >= 4 is 5.91 Å². The highest BCUT2D eigenvalue weighted by Crippen LogP contribution is 2.17. The number of amides is 1. The number of carbonyl (C=O) groups is 1. The molecule has 0 aromatic rings. The van der Waals surface area contributed by atoms with Gasteiger partial charge in [-0.05, 0) is 25.7 Å². The molecular weight excluding hydrogens is 212 g/mol. The molecule has 0 aromatic carbocycles. The number of hydrogen-bond acceptors (Lipinski definition) is 2. The number of rotatable bonds is 5. The van der Waals surface area contributed by atoms with Crippen LogP contribution in [-0.2, 0) is 4.79 Å². The highest BCUT2D eigenvalue weighted by Gasteiger charge is 2.18. The highest BCUT2D eigenvalue weighted by atomic mass is 16.2. The lowest BCUT2D eigenvalue weighted by Gasteiger charge is -2.21. The Morgan fingerprint density at radius 2 is 1.71 bits per heavy atom. The molecule has 3 heteroatoms. The van der Waals surface area contributed by atoms with Gasteiger partial charge in [0.05, 0.1) is 6.04 Å². The van der Waals surface area contributed by atoms with E-state index in [1.54, 1.807) is 0 Å². The fourth-order valence-electron chi connectivity index (χ4n) is 2.33. The third-order valence-electron chi connectivity index (χ3n) is 3.42. The number of nitrogens with one attached hydrogen (secondary N) is 2. The molecular formula is C14H28N2O. The second-order valence-corrected chi connectivity index (χ2v) is 5.72. The Kier molecular flexibility index (Phi) is 6.56. The van der Waals surface area contributed by atoms with Crippen LogP contribution in [0.15, 0.2) is 0 Å². The fourth-order valence-corrected chi connectivity index (χ4v) is 2.33. The minimum Gasteiger partial charge on any atom is -0.354 e. The quantitative estimate of drug-likeness (QED) is 0.725. The van der Waals surface area contributed by atoms with Gasteiger partial charge in [0.15, 0.2) is 0 Å². The summed E-state index contributed by atoms with van der Waals surface area (Å²) in [6, 6.07) is 0.481. The first kappa shape index (κ1) is 14.5. The van der Waals surface area contributed by atoms with E-state index in [0.717, 1.165) is 6.54 Å². The zero-order valence-electron chi connectivity index (χ0n) is 11.6. The molecule has 3 nitrogen and oxygen atoms in total. The van der Waals surface area contributed by atoms with Crippen LogP contribution in [0.4, 0.5) is 0 Å². The van der Waals surface area contributed by atoms with Gasteiger partial charge in [-0.2, -0.15) is 0 Å². The van der Waals surface area contributed by atoms with Gasteiger partial charge in [0.2, 0.25) is 5.91 Å². The third kappa shape index (κ3) is 6.06. The van der Waals surface area contributed by atoms with Crippen molar-refractivity contribution in [2.75, 3.05) is 6.54 Å². The van der Waals surface area contributed by atoms with Gasteiger partial charge in [0, 0.05) is 12.6 Å². The maximum atomic E-state index is 11.8. The zero-order valence-corrected chi connectivity index (χ0v) is 11.6. The van der Waals surface area contributed by atoms with E-state index in [-0.39, 0.29) is 11.9 Å². The monoisotopic (exact) mass is 240 g/mol. The Balaban J connectivity index is 2.26. The van der Waals surface area contributed by atoms with Crippen molar-refractivity contribution in [1.29, 1.82) is 0 Å². The molecule has 0 aromatic heterocycles. The largest absolute Gasteiger partial charge is 0.354 e. The smallest absolute Gasteiger partial charge is 0.236 e. The molecule has 1 aliphatic carbocycles. The molecule has 1 unspecified atom stereocenters. The SMILES string of the molecule is CC(C)CNC(=O)C(C)NC1CCCCCC1. The number of hydrogen-bond donors (Lipinski definition) is 2. The predicted molar refractivity (Wildman–Crippen MR) is 71.9 cm³/mol. The van der Waals surface area contributed by atoms with Crippen LogP contribution in [-0.4, -0.2) is 24.5 Å². The molecule has 1 rings (SSSR count). The van der Waals surface area contributed by atoms with Gasteiger partial charge in [-0.3, -0.25) is 4.79 Å². The van der Waals surface area contributed by atoms with Crippen molar-refractivity contribution in [1.82, 2.24) is 10.6 Å². The summed E-state index contributed by atoms with van der Waals surface area (Å²) in [6.07, 6.45) is 7.76. The molecule has 0 spiro atoms. The lowest BCUT2D eigenvalue weighted by atomic mass is 10.1. The van der Waals surface area contributed by atoms with Crippen molar-refractivity contribution in [2.24, 2.45) is 5.92 Å². The van der Waals surface area contributed by atoms with Gasteiger partial charge in [0.1, 0.15) is 0 Å². The molecule has 100 valence electrons. The molecule has 17 heavy (non-hydrogen) atoms. The molecule has 1 saturated carbocycles. The molecule has 1 aliphatic rings. The third-order valence-corrected chi connectivity index (χ3v) is 3.42. The normalized spacial score (nSPS) is 20.0. The molecule has 1 atom stereocenters. The first-order chi connectivity index (χ1) is 8.09. The van der Waals surface area contributed by atoms with Gasteiger partial charge < -0.3 is 10.6 Å². The van der Waals surface area contributed by atoms with Crippen molar-refractivity contribution in [3.8, 4) is 0 Å². The molecule has 0 heterocycles. The summed E-state index contributed by atoms with van der Waals surface area (Å²) in [5.41, 5.74) is 0. The average Bonchev–Trinajstić information content (AvgIpc) is 2.54.